The largest absolute Gasteiger partial charge is 2.00 e. The van der Waals surface area contributed by atoms with Gasteiger partial charge < -0.3 is 41.7 Å². The van der Waals surface area contributed by atoms with Crippen LogP contribution in [-0.4, -0.2) is 32.9 Å². The second-order valence-electron chi connectivity index (χ2n) is 3.00. The van der Waals surface area contributed by atoms with E-state index in [-0.39, 0.29) is 50.1 Å². The molecule has 0 saturated heterocycles. The average molecular weight is 377 g/mol. The maximum atomic E-state index is 10.0. The van der Waals surface area contributed by atoms with Crippen LogP contribution in [0.2, 0.25) is 0 Å². The zero-order valence-corrected chi connectivity index (χ0v) is 12.7. The molecular weight excluding hydrogens is 359 g/mol. The Morgan fingerprint density at radius 2 is 1.04 bits per heavy atom. The number of carbonyl (C=O) groups is 2. The van der Waals surface area contributed by atoms with Crippen LogP contribution in [-0.2, 0) is 27.7 Å². The minimum Gasteiger partial charge on any atom is -0.543 e. The quantitative estimate of drug-likeness (QED) is 0.466. The molecule has 11 heteroatoms. The van der Waals surface area contributed by atoms with Crippen molar-refractivity contribution in [2.24, 2.45) is 0 Å². The van der Waals surface area contributed by atoms with Gasteiger partial charge in [-0.2, -0.15) is 0 Å². The fraction of sp³-hybridized carbons (Fsp3) is 0. The number of aromatic carboxylic acids is 2. The van der Waals surface area contributed by atoms with Crippen molar-refractivity contribution in [2.45, 2.75) is 0 Å². The second-order valence-corrected chi connectivity index (χ2v) is 3.00. The van der Waals surface area contributed by atoms with Crippen LogP contribution in [0.1, 0.15) is 21.0 Å². The molecule has 1 radical (unpaired) electrons. The van der Waals surface area contributed by atoms with Gasteiger partial charge in [-0.05, 0) is 24.3 Å². The number of hydrogen-bond donors (Lipinski definition) is 0. The Kier molecular flexibility index (Phi) is 24.9. The molecule has 0 unspecified atom stereocenters. The molecule has 0 fully saturated rings. The molecule has 0 bridgehead atoms. The predicted molar refractivity (Wildman–Crippen MR) is 74.1 cm³/mol. The van der Waals surface area contributed by atoms with Crippen molar-refractivity contribution in [1.29, 1.82) is 0 Å². The Bertz CT molecular complexity index is 478. The normalized spacial score (nSPS) is 6.96. The summed E-state index contributed by atoms with van der Waals surface area (Å²) in [5.74, 6) is -2.48. The van der Waals surface area contributed by atoms with Gasteiger partial charge in [0.05, 0.1) is 23.3 Å². The van der Waals surface area contributed by atoms with Crippen LogP contribution in [0.25, 0.3) is 0 Å². The molecule has 10 nitrogen and oxygen atoms in total. The Hall–Kier alpha value is -2.41. The third kappa shape index (κ3) is 13.0. The first-order chi connectivity index (χ1) is 8.61. The van der Waals surface area contributed by atoms with Crippen molar-refractivity contribution in [1.82, 2.24) is 9.97 Å². The van der Waals surface area contributed by atoms with Crippen LogP contribution in [0.5, 0.6) is 0 Å². The van der Waals surface area contributed by atoms with Crippen LogP contribution in [0.3, 0.4) is 0 Å². The van der Waals surface area contributed by atoms with E-state index >= 15 is 0 Å². The minimum absolute atomic E-state index is 0. The third-order valence-corrected chi connectivity index (χ3v) is 1.75. The van der Waals surface area contributed by atoms with E-state index in [1.54, 1.807) is 24.3 Å². The van der Waals surface area contributed by atoms with Crippen LogP contribution >= 0.6 is 0 Å². The van der Waals surface area contributed by atoms with Crippen LogP contribution in [0.15, 0.2) is 48.8 Å². The van der Waals surface area contributed by atoms with Crippen molar-refractivity contribution >= 4 is 11.9 Å². The fourth-order valence-electron chi connectivity index (χ4n) is 0.967. The molecule has 0 spiro atoms. The number of aromatic nitrogens is 2. The number of rotatable bonds is 2. The van der Waals surface area contributed by atoms with Gasteiger partial charge in [-0.1, -0.05) is 12.1 Å². The third-order valence-electron chi connectivity index (χ3n) is 1.75. The number of nitrogens with zero attached hydrogens (tertiary/aromatic N) is 2. The number of carboxylic acid groups (broad SMARTS) is 2. The van der Waals surface area contributed by atoms with E-state index in [9.17, 15) is 19.8 Å². The molecule has 0 aliphatic heterocycles. The Morgan fingerprint density at radius 1 is 0.739 bits per heavy atom. The van der Waals surface area contributed by atoms with E-state index in [2.05, 4.69) is 9.97 Å². The maximum Gasteiger partial charge on any atom is 2.00 e. The summed E-state index contributed by atoms with van der Waals surface area (Å²) in [5, 5.41) is 20.1. The molecule has 0 saturated carbocycles. The van der Waals surface area contributed by atoms with E-state index in [1.807, 2.05) is 0 Å². The van der Waals surface area contributed by atoms with Crippen LogP contribution in [0, 0.1) is 0 Å². The molecule has 2 heterocycles. The Balaban J connectivity index is -0.0000000771. The molecule has 0 amide bonds. The first-order valence-electron chi connectivity index (χ1n) is 4.86. The number of carbonyl (C=O) groups excluding carboxylic acids is 2. The van der Waals surface area contributed by atoms with Crippen molar-refractivity contribution in [3.05, 3.63) is 60.2 Å². The standard InChI is InChI=1S/2C6H5NO2.Co.4H2O/c2*8-6(9)5-3-1-2-4-7-5;;;;;/h2*1-4H,(H,8,9);;4*1H2/q;;+2;;;;. The molecule has 0 aliphatic carbocycles. The Morgan fingerprint density at radius 3 is 1.17 bits per heavy atom. The fourth-order valence-corrected chi connectivity index (χ4v) is 0.967. The Labute approximate surface area is 141 Å². The van der Waals surface area contributed by atoms with Gasteiger partial charge in [0.1, 0.15) is 0 Å². The smallest absolute Gasteiger partial charge is 0.543 e. The van der Waals surface area contributed by atoms with E-state index in [0.717, 1.165) is 0 Å². The minimum atomic E-state index is -1.24. The SMILES string of the molecule is O.O.O=C([O-])c1ccccn1.O=C([O-])c1ccccn1.[Co+2].[OH3+].[OH3+]. The molecule has 10 N–H and O–H groups in total. The van der Waals surface area contributed by atoms with Gasteiger partial charge in [0, 0.05) is 12.4 Å². The maximum absolute atomic E-state index is 10.0. The zero-order valence-electron chi connectivity index (χ0n) is 11.6. The van der Waals surface area contributed by atoms with Gasteiger partial charge in [0.15, 0.2) is 0 Å². The molecule has 23 heavy (non-hydrogen) atoms. The van der Waals surface area contributed by atoms with Gasteiger partial charge in [0.25, 0.3) is 0 Å². The molecule has 0 atom stereocenters. The summed E-state index contributed by atoms with van der Waals surface area (Å²) in [6.07, 6.45) is 2.82. The molecule has 0 aliphatic rings. The van der Waals surface area contributed by atoms with Gasteiger partial charge in [0.2, 0.25) is 0 Å². The van der Waals surface area contributed by atoms with E-state index in [4.69, 9.17) is 0 Å². The summed E-state index contributed by atoms with van der Waals surface area (Å²) in [6.45, 7) is 0. The van der Waals surface area contributed by atoms with Crippen LogP contribution in [0.4, 0.5) is 0 Å². The summed E-state index contributed by atoms with van der Waals surface area (Å²) in [5.41, 5.74) is -0.0602. The number of hydrogen-bond acceptors (Lipinski definition) is 6. The average Bonchev–Trinajstić information content (AvgIpc) is 2.41. The summed E-state index contributed by atoms with van der Waals surface area (Å²) in [7, 11) is 0. The van der Waals surface area contributed by atoms with E-state index < -0.39 is 11.9 Å². The molecule has 2 rings (SSSR count). The summed E-state index contributed by atoms with van der Waals surface area (Å²) in [6, 6.07) is 9.25. The summed E-state index contributed by atoms with van der Waals surface area (Å²) >= 11 is 0. The van der Waals surface area contributed by atoms with Gasteiger partial charge in [-0.25, -0.2) is 0 Å². The molecule has 131 valence electrons. The molecular formula is C12H18CoN2O8+2. The van der Waals surface area contributed by atoms with Gasteiger partial charge in [-0.15, -0.1) is 0 Å². The van der Waals surface area contributed by atoms with Crippen molar-refractivity contribution in [3.63, 3.8) is 0 Å². The molecule has 2 aromatic heterocycles. The molecule has 0 aromatic carbocycles. The van der Waals surface area contributed by atoms with Crippen molar-refractivity contribution < 1.29 is 58.5 Å². The summed E-state index contributed by atoms with van der Waals surface area (Å²) in [4.78, 5) is 27.1. The van der Waals surface area contributed by atoms with Crippen molar-refractivity contribution in [3.8, 4) is 0 Å². The van der Waals surface area contributed by atoms with Gasteiger partial charge >= 0.3 is 16.8 Å². The van der Waals surface area contributed by atoms with Crippen LogP contribution < -0.4 is 10.2 Å². The number of pyridine rings is 2. The first-order valence-corrected chi connectivity index (χ1v) is 4.86. The number of carboxylic acids is 2. The monoisotopic (exact) mass is 377 g/mol. The zero-order chi connectivity index (χ0) is 13.4. The predicted octanol–water partition coefficient (Wildman–Crippen LogP) is -4.61. The van der Waals surface area contributed by atoms with Gasteiger partial charge in [-0.3, -0.25) is 9.97 Å². The second kappa shape index (κ2) is 17.6. The van der Waals surface area contributed by atoms with E-state index in [1.165, 1.54) is 24.5 Å². The topological polar surface area (TPSA) is 235 Å². The van der Waals surface area contributed by atoms with E-state index in [0.29, 0.717) is 0 Å². The summed E-state index contributed by atoms with van der Waals surface area (Å²) < 4.78 is 0. The van der Waals surface area contributed by atoms with Crippen molar-refractivity contribution in [2.75, 3.05) is 0 Å². The first kappa shape index (κ1) is 32.5. The molecule has 2 aromatic rings.